The molecule has 0 aliphatic rings. The van der Waals surface area contributed by atoms with Crippen LogP contribution in [0.2, 0.25) is 0 Å². The number of benzene rings is 2. The number of nitrogens with zero attached hydrogens (tertiary/aromatic N) is 2. The topological polar surface area (TPSA) is 52.0 Å². The molecular formula is C29H28N2O2. The van der Waals surface area contributed by atoms with Gasteiger partial charge in [-0.2, -0.15) is 0 Å². The SMILES string of the molecule is O=C(/C=C/c1cccnc1)CCCCCCC(=O)n1c(-c2ccccc2)cc2ccccc21. The first-order valence-electron chi connectivity index (χ1n) is 11.5. The van der Waals surface area contributed by atoms with Crippen molar-refractivity contribution in [1.29, 1.82) is 0 Å². The quantitative estimate of drug-likeness (QED) is 0.199. The lowest BCUT2D eigenvalue weighted by Crippen LogP contribution is -2.11. The van der Waals surface area contributed by atoms with E-state index in [1.165, 1.54) is 0 Å². The molecule has 0 saturated carbocycles. The minimum atomic E-state index is 0.116. The molecule has 0 amide bonds. The second-order valence-electron chi connectivity index (χ2n) is 8.18. The molecule has 0 saturated heterocycles. The standard InChI is InChI=1S/C29H28N2O2/c32-26(19-18-23-11-10-20-30-22-23)15-6-1-2-7-17-29(33)31-27-16-9-8-14-25(27)21-28(31)24-12-4-3-5-13-24/h3-5,8-14,16,18-22H,1-2,6-7,15,17H2/b19-18+. The fourth-order valence-corrected chi connectivity index (χ4v) is 4.03. The van der Waals surface area contributed by atoms with Gasteiger partial charge in [0.1, 0.15) is 0 Å². The van der Waals surface area contributed by atoms with Gasteiger partial charge in [-0.25, -0.2) is 0 Å². The summed E-state index contributed by atoms with van der Waals surface area (Å²) < 4.78 is 1.86. The van der Waals surface area contributed by atoms with Crippen molar-refractivity contribution in [2.24, 2.45) is 0 Å². The van der Waals surface area contributed by atoms with Gasteiger partial charge in [-0.1, -0.05) is 67.4 Å². The zero-order chi connectivity index (χ0) is 22.9. The fraction of sp³-hybridized carbons (Fsp3) is 0.207. The Labute approximate surface area is 194 Å². The van der Waals surface area contributed by atoms with E-state index in [1.54, 1.807) is 24.5 Å². The van der Waals surface area contributed by atoms with Crippen molar-refractivity contribution in [3.8, 4) is 11.3 Å². The first-order chi connectivity index (χ1) is 16.2. The molecule has 0 aliphatic heterocycles. The normalized spacial score (nSPS) is 11.3. The highest BCUT2D eigenvalue weighted by Gasteiger charge is 2.15. The molecule has 166 valence electrons. The molecular weight excluding hydrogens is 408 g/mol. The molecule has 0 aliphatic carbocycles. The van der Waals surface area contributed by atoms with Crippen LogP contribution in [0.15, 0.2) is 91.3 Å². The number of unbranched alkanes of at least 4 members (excludes halogenated alkanes) is 3. The number of rotatable bonds is 10. The molecule has 4 heteroatoms. The summed E-state index contributed by atoms with van der Waals surface area (Å²) >= 11 is 0. The van der Waals surface area contributed by atoms with Crippen LogP contribution in [0.1, 0.15) is 48.9 Å². The number of aromatic nitrogens is 2. The molecule has 4 rings (SSSR count). The van der Waals surface area contributed by atoms with Gasteiger partial charge < -0.3 is 0 Å². The Balaban J connectivity index is 1.28. The number of carbonyl (C=O) groups excluding carboxylic acids is 2. The van der Waals surface area contributed by atoms with E-state index in [1.807, 2.05) is 71.3 Å². The summed E-state index contributed by atoms with van der Waals surface area (Å²) in [5.41, 5.74) is 3.86. The van der Waals surface area contributed by atoms with Crippen molar-refractivity contribution in [3.63, 3.8) is 0 Å². The van der Waals surface area contributed by atoms with Gasteiger partial charge in [0.15, 0.2) is 5.78 Å². The van der Waals surface area contributed by atoms with E-state index in [9.17, 15) is 9.59 Å². The van der Waals surface area contributed by atoms with Crippen LogP contribution in [0.25, 0.3) is 28.2 Å². The molecule has 0 atom stereocenters. The molecule has 0 spiro atoms. The Bertz CT molecular complexity index is 1240. The molecule has 2 aromatic carbocycles. The minimum absolute atomic E-state index is 0.116. The van der Waals surface area contributed by atoms with Gasteiger partial charge in [0.25, 0.3) is 0 Å². The summed E-state index contributed by atoms with van der Waals surface area (Å²) in [6, 6.07) is 23.9. The van der Waals surface area contributed by atoms with E-state index >= 15 is 0 Å². The Morgan fingerprint density at radius 1 is 0.818 bits per heavy atom. The van der Waals surface area contributed by atoms with Crippen molar-refractivity contribution in [3.05, 3.63) is 96.8 Å². The van der Waals surface area contributed by atoms with Crippen LogP contribution in [0.4, 0.5) is 0 Å². The maximum Gasteiger partial charge on any atom is 0.231 e. The maximum absolute atomic E-state index is 13.2. The highest BCUT2D eigenvalue weighted by molar-refractivity contribution is 5.98. The third kappa shape index (κ3) is 5.92. The van der Waals surface area contributed by atoms with Gasteiger partial charge in [0.05, 0.1) is 11.2 Å². The molecule has 4 nitrogen and oxygen atoms in total. The zero-order valence-corrected chi connectivity index (χ0v) is 18.7. The number of carbonyl (C=O) groups is 2. The van der Waals surface area contributed by atoms with Crippen LogP contribution in [0, 0.1) is 0 Å². The highest BCUT2D eigenvalue weighted by atomic mass is 16.2. The Kier molecular flexibility index (Phi) is 7.60. The Hall–Kier alpha value is -3.79. The van der Waals surface area contributed by atoms with Crippen LogP contribution in [0.5, 0.6) is 0 Å². The minimum Gasteiger partial charge on any atom is -0.295 e. The summed E-state index contributed by atoms with van der Waals surface area (Å²) in [6.45, 7) is 0. The van der Waals surface area contributed by atoms with Crippen LogP contribution in [-0.4, -0.2) is 21.2 Å². The average molecular weight is 437 g/mol. The number of hydrogen-bond acceptors (Lipinski definition) is 3. The van der Waals surface area contributed by atoms with E-state index in [2.05, 4.69) is 11.1 Å². The fourth-order valence-electron chi connectivity index (χ4n) is 4.03. The first kappa shape index (κ1) is 22.4. The predicted molar refractivity (Wildman–Crippen MR) is 134 cm³/mol. The van der Waals surface area contributed by atoms with Crippen molar-refractivity contribution in [1.82, 2.24) is 9.55 Å². The lowest BCUT2D eigenvalue weighted by Gasteiger charge is -2.10. The van der Waals surface area contributed by atoms with Crippen molar-refractivity contribution >= 4 is 28.7 Å². The summed E-state index contributed by atoms with van der Waals surface area (Å²) in [6.07, 6.45) is 11.4. The average Bonchev–Trinajstić information content (AvgIpc) is 3.26. The van der Waals surface area contributed by atoms with Crippen LogP contribution >= 0.6 is 0 Å². The predicted octanol–water partition coefficient (Wildman–Crippen LogP) is 6.97. The van der Waals surface area contributed by atoms with Crippen LogP contribution in [0.3, 0.4) is 0 Å². The van der Waals surface area contributed by atoms with Gasteiger partial charge >= 0.3 is 0 Å². The maximum atomic E-state index is 13.2. The van der Waals surface area contributed by atoms with Gasteiger partial charge in [-0.15, -0.1) is 0 Å². The smallest absolute Gasteiger partial charge is 0.231 e. The molecule has 0 unspecified atom stereocenters. The molecule has 0 fully saturated rings. The lowest BCUT2D eigenvalue weighted by atomic mass is 10.1. The Morgan fingerprint density at radius 3 is 2.36 bits per heavy atom. The lowest BCUT2D eigenvalue weighted by molar-refractivity contribution is -0.114. The van der Waals surface area contributed by atoms with Gasteiger partial charge in [-0.05, 0) is 54.3 Å². The number of pyridine rings is 1. The first-order valence-corrected chi connectivity index (χ1v) is 11.5. The van der Waals surface area contributed by atoms with Crippen LogP contribution < -0.4 is 0 Å². The molecule has 33 heavy (non-hydrogen) atoms. The number of ketones is 1. The molecule has 0 radical (unpaired) electrons. The summed E-state index contributed by atoms with van der Waals surface area (Å²) in [5.74, 6) is 0.242. The molecule has 2 heterocycles. The van der Waals surface area contributed by atoms with E-state index in [4.69, 9.17) is 0 Å². The van der Waals surface area contributed by atoms with Crippen molar-refractivity contribution in [2.75, 3.05) is 0 Å². The Morgan fingerprint density at radius 2 is 1.58 bits per heavy atom. The van der Waals surface area contributed by atoms with E-state index < -0.39 is 0 Å². The number of fused-ring (bicyclic) bond motifs is 1. The molecule has 0 bridgehead atoms. The van der Waals surface area contributed by atoms with Gasteiger partial charge in [-0.3, -0.25) is 19.1 Å². The van der Waals surface area contributed by atoms with Crippen molar-refractivity contribution in [2.45, 2.75) is 38.5 Å². The third-order valence-electron chi connectivity index (χ3n) is 5.74. The number of hydrogen-bond donors (Lipinski definition) is 0. The monoisotopic (exact) mass is 436 g/mol. The van der Waals surface area contributed by atoms with Crippen molar-refractivity contribution < 1.29 is 9.59 Å². The molecule has 0 N–H and O–H groups in total. The van der Waals surface area contributed by atoms with E-state index in [0.717, 1.165) is 53.4 Å². The van der Waals surface area contributed by atoms with Crippen LogP contribution in [-0.2, 0) is 4.79 Å². The summed E-state index contributed by atoms with van der Waals surface area (Å²) in [4.78, 5) is 29.3. The molecule has 2 aromatic heterocycles. The largest absolute Gasteiger partial charge is 0.295 e. The van der Waals surface area contributed by atoms with Gasteiger partial charge in [0, 0.05) is 30.6 Å². The van der Waals surface area contributed by atoms with Gasteiger partial charge in [0.2, 0.25) is 5.91 Å². The molecule has 4 aromatic rings. The number of para-hydroxylation sites is 1. The summed E-state index contributed by atoms with van der Waals surface area (Å²) in [7, 11) is 0. The highest BCUT2D eigenvalue weighted by Crippen LogP contribution is 2.28. The van der Waals surface area contributed by atoms with E-state index in [0.29, 0.717) is 12.8 Å². The second-order valence-corrected chi connectivity index (χ2v) is 8.18. The third-order valence-corrected chi connectivity index (χ3v) is 5.74. The summed E-state index contributed by atoms with van der Waals surface area (Å²) in [5, 5.41) is 1.07. The number of allylic oxidation sites excluding steroid dienone is 1. The van der Waals surface area contributed by atoms with E-state index in [-0.39, 0.29) is 11.7 Å². The zero-order valence-electron chi connectivity index (χ0n) is 18.7. The second kappa shape index (κ2) is 11.2.